The third-order valence-corrected chi connectivity index (χ3v) is 4.89. The highest BCUT2D eigenvalue weighted by Crippen LogP contribution is 2.24. The minimum atomic E-state index is -0.543. The van der Waals surface area contributed by atoms with Crippen molar-refractivity contribution in [2.45, 2.75) is 66.0 Å². The molecule has 1 atom stereocenters. The van der Waals surface area contributed by atoms with Gasteiger partial charge in [0.05, 0.1) is 18.3 Å². The Labute approximate surface area is 146 Å². The molecule has 0 saturated carbocycles. The number of aliphatic hydroxyl groups is 1. The predicted octanol–water partition coefficient (Wildman–Crippen LogP) is 3.60. The van der Waals surface area contributed by atoms with Gasteiger partial charge in [0.15, 0.2) is 0 Å². The summed E-state index contributed by atoms with van der Waals surface area (Å²) in [6, 6.07) is 0.406. The second kappa shape index (κ2) is 8.77. The third-order valence-electron chi connectivity index (χ3n) is 4.89. The predicted molar refractivity (Wildman–Crippen MR) is 97.7 cm³/mol. The number of allylic oxidation sites excluding steroid dienone is 1. The van der Waals surface area contributed by atoms with Gasteiger partial charge in [0, 0.05) is 19.6 Å². The number of nitrogens with zero attached hydrogens (tertiary/aromatic N) is 4. The van der Waals surface area contributed by atoms with Crippen LogP contribution in [0.15, 0.2) is 17.8 Å². The average molecular weight is 335 g/mol. The first-order valence-electron chi connectivity index (χ1n) is 9.37. The van der Waals surface area contributed by atoms with Gasteiger partial charge in [-0.25, -0.2) is 4.68 Å². The fraction of sp³-hybridized carbons (Fsp3) is 0.789. The highest BCUT2D eigenvalue weighted by atomic mass is 16.3. The van der Waals surface area contributed by atoms with Crippen LogP contribution in [0.2, 0.25) is 0 Å². The number of aromatic nitrogens is 3. The van der Waals surface area contributed by atoms with E-state index in [4.69, 9.17) is 0 Å². The van der Waals surface area contributed by atoms with E-state index < -0.39 is 6.10 Å². The molecule has 2 rings (SSSR count). The van der Waals surface area contributed by atoms with Gasteiger partial charge in [-0.3, -0.25) is 4.90 Å². The van der Waals surface area contributed by atoms with E-state index >= 15 is 0 Å². The average Bonchev–Trinajstić information content (AvgIpc) is 3.01. The molecule has 1 saturated heterocycles. The van der Waals surface area contributed by atoms with E-state index in [1.165, 1.54) is 6.42 Å². The number of hydrogen-bond donors (Lipinski definition) is 1. The normalized spacial score (nSPS) is 19.4. The highest BCUT2D eigenvalue weighted by molar-refractivity contribution is 5.08. The molecule has 0 spiro atoms. The first-order chi connectivity index (χ1) is 11.4. The van der Waals surface area contributed by atoms with Gasteiger partial charge in [-0.2, -0.15) is 0 Å². The Hall–Kier alpha value is -1.20. The first-order valence-corrected chi connectivity index (χ1v) is 9.37. The zero-order valence-electron chi connectivity index (χ0n) is 15.9. The summed E-state index contributed by atoms with van der Waals surface area (Å²) >= 11 is 0. The Morgan fingerprint density at radius 3 is 2.42 bits per heavy atom. The van der Waals surface area contributed by atoms with Crippen molar-refractivity contribution in [3.63, 3.8) is 0 Å². The number of hydrogen-bond acceptors (Lipinski definition) is 4. The number of rotatable bonds is 7. The first kappa shape index (κ1) is 19.1. The van der Waals surface area contributed by atoms with Crippen molar-refractivity contribution in [1.82, 2.24) is 19.9 Å². The van der Waals surface area contributed by atoms with Gasteiger partial charge >= 0.3 is 0 Å². The van der Waals surface area contributed by atoms with Crippen molar-refractivity contribution in [2.75, 3.05) is 19.6 Å². The smallest absolute Gasteiger partial charge is 0.111 e. The van der Waals surface area contributed by atoms with Crippen LogP contribution in [-0.4, -0.2) is 44.6 Å². The van der Waals surface area contributed by atoms with Crippen molar-refractivity contribution in [2.24, 2.45) is 11.8 Å². The molecule has 0 radical (unpaired) electrons. The molecule has 0 amide bonds. The fourth-order valence-corrected chi connectivity index (χ4v) is 3.13. The van der Waals surface area contributed by atoms with Crippen LogP contribution in [0.4, 0.5) is 0 Å². The van der Waals surface area contributed by atoms with E-state index in [0.717, 1.165) is 38.4 Å². The van der Waals surface area contributed by atoms with Gasteiger partial charge in [-0.05, 0) is 38.0 Å². The molecule has 1 N–H and O–H groups in total. The fourth-order valence-electron chi connectivity index (χ4n) is 3.13. The molecule has 1 fully saturated rings. The van der Waals surface area contributed by atoms with Crippen LogP contribution in [0.3, 0.4) is 0 Å². The Morgan fingerprint density at radius 2 is 1.92 bits per heavy atom. The zero-order valence-corrected chi connectivity index (χ0v) is 15.9. The summed E-state index contributed by atoms with van der Waals surface area (Å²) in [6.07, 6.45) is 7.17. The number of aliphatic hydroxyl groups excluding tert-OH is 1. The van der Waals surface area contributed by atoms with Crippen LogP contribution in [0.5, 0.6) is 0 Å². The molecule has 5 heteroatoms. The van der Waals surface area contributed by atoms with Gasteiger partial charge in [-0.1, -0.05) is 44.6 Å². The summed E-state index contributed by atoms with van der Waals surface area (Å²) in [5, 5.41) is 17.9. The van der Waals surface area contributed by atoms with Crippen molar-refractivity contribution in [3.05, 3.63) is 23.5 Å². The topological polar surface area (TPSA) is 54.2 Å². The Balaban J connectivity index is 1.88. The molecule has 2 heterocycles. The van der Waals surface area contributed by atoms with Crippen LogP contribution in [0.25, 0.3) is 0 Å². The van der Waals surface area contributed by atoms with E-state index in [1.54, 1.807) is 12.5 Å². The van der Waals surface area contributed by atoms with E-state index in [1.807, 2.05) is 10.9 Å². The van der Waals surface area contributed by atoms with E-state index in [2.05, 4.69) is 49.0 Å². The quantitative estimate of drug-likeness (QED) is 0.774. The molecule has 0 aromatic carbocycles. The van der Waals surface area contributed by atoms with Crippen molar-refractivity contribution in [3.8, 4) is 0 Å². The number of likely N-dealkylation sites (tertiary alicyclic amines) is 1. The van der Waals surface area contributed by atoms with Crippen LogP contribution < -0.4 is 0 Å². The lowest BCUT2D eigenvalue weighted by atomic mass is 9.97. The van der Waals surface area contributed by atoms with Crippen LogP contribution in [-0.2, 0) is 0 Å². The van der Waals surface area contributed by atoms with Gasteiger partial charge in [-0.15, -0.1) is 5.10 Å². The zero-order chi connectivity index (χ0) is 17.7. The molecule has 1 aliphatic rings. The largest absolute Gasteiger partial charge is 0.387 e. The van der Waals surface area contributed by atoms with Crippen molar-refractivity contribution < 1.29 is 5.11 Å². The summed E-state index contributed by atoms with van der Waals surface area (Å²) in [5.74, 6) is 1.34. The monoisotopic (exact) mass is 334 g/mol. The second-order valence-corrected chi connectivity index (χ2v) is 7.87. The third kappa shape index (κ3) is 5.42. The summed E-state index contributed by atoms with van der Waals surface area (Å²) in [7, 11) is 0. The molecule has 0 unspecified atom stereocenters. The highest BCUT2D eigenvalue weighted by Gasteiger charge is 2.23. The minimum Gasteiger partial charge on any atom is -0.387 e. The lowest BCUT2D eigenvalue weighted by Gasteiger charge is -2.33. The van der Waals surface area contributed by atoms with Crippen molar-refractivity contribution >= 4 is 0 Å². The molecule has 1 aliphatic heterocycles. The summed E-state index contributed by atoms with van der Waals surface area (Å²) in [4.78, 5) is 2.56. The molecular formula is C19H34N4O. The van der Waals surface area contributed by atoms with E-state index in [0.29, 0.717) is 17.7 Å². The van der Waals surface area contributed by atoms with Gasteiger partial charge < -0.3 is 5.11 Å². The van der Waals surface area contributed by atoms with Gasteiger partial charge in [0.2, 0.25) is 0 Å². The second-order valence-electron chi connectivity index (χ2n) is 7.87. The standard InChI is InChI=1S/C19H34N4O/c1-14(2)6-7-17(15(3)4)12-22-10-8-18(9-11-22)23-13-19(16(5)24)20-21-23/h7,13-16,18,24H,6,8-12H2,1-5H3/b17-7-/t16-/m1/s1. The molecular weight excluding hydrogens is 300 g/mol. The molecule has 24 heavy (non-hydrogen) atoms. The Bertz CT molecular complexity index is 525. The van der Waals surface area contributed by atoms with Crippen molar-refractivity contribution in [1.29, 1.82) is 0 Å². The maximum absolute atomic E-state index is 9.59. The van der Waals surface area contributed by atoms with Crippen LogP contribution in [0, 0.1) is 11.8 Å². The Kier molecular flexibility index (Phi) is 6.99. The summed E-state index contributed by atoms with van der Waals surface area (Å²) in [5.41, 5.74) is 2.23. The van der Waals surface area contributed by atoms with E-state index in [-0.39, 0.29) is 0 Å². The molecule has 0 bridgehead atoms. The Morgan fingerprint density at radius 1 is 1.25 bits per heavy atom. The lowest BCUT2D eigenvalue weighted by Crippen LogP contribution is -2.36. The maximum Gasteiger partial charge on any atom is 0.111 e. The van der Waals surface area contributed by atoms with Crippen LogP contribution in [0.1, 0.15) is 71.7 Å². The molecule has 0 aliphatic carbocycles. The lowest BCUT2D eigenvalue weighted by molar-refractivity contribution is 0.187. The van der Waals surface area contributed by atoms with Crippen LogP contribution >= 0.6 is 0 Å². The SMILES string of the molecule is CC(C)C/C=C(/CN1CCC(n2cc([C@@H](C)O)nn2)CC1)C(C)C. The molecule has 1 aromatic heterocycles. The summed E-state index contributed by atoms with van der Waals surface area (Å²) < 4.78 is 1.94. The molecule has 136 valence electrons. The minimum absolute atomic E-state index is 0.406. The molecule has 5 nitrogen and oxygen atoms in total. The number of piperidine rings is 1. The molecule has 1 aromatic rings. The maximum atomic E-state index is 9.59. The summed E-state index contributed by atoms with van der Waals surface area (Å²) in [6.45, 7) is 14.2. The van der Waals surface area contributed by atoms with Gasteiger partial charge in [0.1, 0.15) is 5.69 Å². The van der Waals surface area contributed by atoms with E-state index in [9.17, 15) is 5.11 Å². The van der Waals surface area contributed by atoms with Gasteiger partial charge in [0.25, 0.3) is 0 Å².